The SMILES string of the molecule is CC[C@H](C)NCC(=O)N(CCc1ccc(OC)c(OC)c1)Cc1cccs1. The molecular formula is C21H30N2O3S. The fourth-order valence-corrected chi connectivity index (χ4v) is 3.42. The Kier molecular flexibility index (Phi) is 8.61. The number of benzene rings is 1. The molecule has 27 heavy (non-hydrogen) atoms. The molecule has 1 aromatic heterocycles. The number of nitrogens with one attached hydrogen (secondary N) is 1. The van der Waals surface area contributed by atoms with E-state index in [1.807, 2.05) is 34.5 Å². The maximum atomic E-state index is 12.8. The fourth-order valence-electron chi connectivity index (χ4n) is 2.70. The van der Waals surface area contributed by atoms with Gasteiger partial charge in [-0.15, -0.1) is 11.3 Å². The summed E-state index contributed by atoms with van der Waals surface area (Å²) in [6, 6.07) is 10.3. The molecule has 148 valence electrons. The molecule has 0 aliphatic rings. The zero-order valence-corrected chi connectivity index (χ0v) is 17.5. The van der Waals surface area contributed by atoms with E-state index in [1.165, 1.54) is 4.88 Å². The van der Waals surface area contributed by atoms with Crippen molar-refractivity contribution in [1.29, 1.82) is 0 Å². The summed E-state index contributed by atoms with van der Waals surface area (Å²) in [5.41, 5.74) is 1.12. The Morgan fingerprint density at radius 2 is 2.00 bits per heavy atom. The first kappa shape index (κ1) is 21.3. The van der Waals surface area contributed by atoms with Crippen LogP contribution < -0.4 is 14.8 Å². The topological polar surface area (TPSA) is 50.8 Å². The first-order chi connectivity index (χ1) is 13.1. The Balaban J connectivity index is 2.03. The number of methoxy groups -OCH3 is 2. The number of nitrogens with zero attached hydrogens (tertiary/aromatic N) is 1. The first-order valence-corrected chi connectivity index (χ1v) is 10.2. The largest absolute Gasteiger partial charge is 0.493 e. The summed E-state index contributed by atoms with van der Waals surface area (Å²) in [6.07, 6.45) is 1.77. The quantitative estimate of drug-likeness (QED) is 0.635. The maximum absolute atomic E-state index is 12.8. The standard InChI is InChI=1S/C21H30N2O3S/c1-5-16(2)22-14-21(24)23(15-18-7-6-12-27-18)11-10-17-8-9-19(25-3)20(13-17)26-4/h6-9,12-13,16,22H,5,10-11,14-15H2,1-4H3/t16-/m0/s1. The van der Waals surface area contributed by atoms with Gasteiger partial charge >= 0.3 is 0 Å². The number of hydrogen-bond acceptors (Lipinski definition) is 5. The van der Waals surface area contributed by atoms with Gasteiger partial charge in [0.1, 0.15) is 0 Å². The van der Waals surface area contributed by atoms with Crippen LogP contribution in [0.25, 0.3) is 0 Å². The van der Waals surface area contributed by atoms with Gasteiger partial charge in [0.15, 0.2) is 11.5 Å². The number of thiophene rings is 1. The van der Waals surface area contributed by atoms with Crippen molar-refractivity contribution in [1.82, 2.24) is 10.2 Å². The molecule has 1 aromatic carbocycles. The smallest absolute Gasteiger partial charge is 0.236 e. The zero-order valence-electron chi connectivity index (χ0n) is 16.7. The molecule has 1 heterocycles. The molecule has 5 nitrogen and oxygen atoms in total. The number of hydrogen-bond donors (Lipinski definition) is 1. The highest BCUT2D eigenvalue weighted by Gasteiger charge is 2.16. The molecule has 0 fully saturated rings. The monoisotopic (exact) mass is 390 g/mol. The van der Waals surface area contributed by atoms with Crippen LogP contribution in [-0.2, 0) is 17.8 Å². The minimum atomic E-state index is 0.129. The van der Waals surface area contributed by atoms with Gasteiger partial charge in [-0.2, -0.15) is 0 Å². The van der Waals surface area contributed by atoms with E-state index < -0.39 is 0 Å². The molecule has 6 heteroatoms. The van der Waals surface area contributed by atoms with Gasteiger partial charge in [-0.25, -0.2) is 0 Å². The molecule has 0 bridgehead atoms. The molecule has 0 unspecified atom stereocenters. The molecule has 0 aliphatic carbocycles. The van der Waals surface area contributed by atoms with Gasteiger partial charge < -0.3 is 19.7 Å². The second-order valence-electron chi connectivity index (χ2n) is 6.52. The lowest BCUT2D eigenvalue weighted by Gasteiger charge is -2.23. The molecule has 1 N–H and O–H groups in total. The number of carbonyl (C=O) groups is 1. The molecule has 0 radical (unpaired) electrons. The Morgan fingerprint density at radius 1 is 1.22 bits per heavy atom. The van der Waals surface area contributed by atoms with Crippen molar-refractivity contribution in [2.24, 2.45) is 0 Å². The van der Waals surface area contributed by atoms with Crippen molar-refractivity contribution in [3.8, 4) is 11.5 Å². The highest BCUT2D eigenvalue weighted by Crippen LogP contribution is 2.27. The normalized spacial score (nSPS) is 11.9. The number of rotatable bonds is 11. The van der Waals surface area contributed by atoms with Crippen molar-refractivity contribution < 1.29 is 14.3 Å². The third-order valence-corrected chi connectivity index (χ3v) is 5.47. The molecule has 0 saturated heterocycles. The fraction of sp³-hybridized carbons (Fsp3) is 0.476. The second kappa shape index (κ2) is 10.9. The van der Waals surface area contributed by atoms with Crippen LogP contribution in [0.1, 0.15) is 30.7 Å². The summed E-state index contributed by atoms with van der Waals surface area (Å²) in [4.78, 5) is 15.9. The number of ether oxygens (including phenoxy) is 2. The van der Waals surface area contributed by atoms with Gasteiger partial charge in [-0.05, 0) is 48.9 Å². The lowest BCUT2D eigenvalue weighted by atomic mass is 10.1. The van der Waals surface area contributed by atoms with Gasteiger partial charge in [0.2, 0.25) is 5.91 Å². The van der Waals surface area contributed by atoms with Crippen LogP contribution in [-0.4, -0.2) is 44.2 Å². The molecule has 1 amide bonds. The Labute approximate surface area is 166 Å². The third kappa shape index (κ3) is 6.56. The third-order valence-electron chi connectivity index (χ3n) is 4.61. The summed E-state index contributed by atoms with van der Waals surface area (Å²) in [7, 11) is 3.26. The van der Waals surface area contributed by atoms with Crippen molar-refractivity contribution in [3.05, 3.63) is 46.2 Å². The van der Waals surface area contributed by atoms with Gasteiger partial charge in [0.25, 0.3) is 0 Å². The van der Waals surface area contributed by atoms with E-state index in [-0.39, 0.29) is 5.91 Å². The van der Waals surface area contributed by atoms with Crippen LogP contribution in [0.5, 0.6) is 11.5 Å². The lowest BCUT2D eigenvalue weighted by molar-refractivity contribution is -0.130. The summed E-state index contributed by atoms with van der Waals surface area (Å²) >= 11 is 1.68. The predicted octanol–water partition coefficient (Wildman–Crippen LogP) is 3.72. The van der Waals surface area contributed by atoms with Crippen LogP contribution in [0.3, 0.4) is 0 Å². The predicted molar refractivity (Wildman–Crippen MR) is 111 cm³/mol. The first-order valence-electron chi connectivity index (χ1n) is 9.31. The van der Waals surface area contributed by atoms with Crippen LogP contribution in [0, 0.1) is 0 Å². The highest BCUT2D eigenvalue weighted by molar-refractivity contribution is 7.09. The minimum Gasteiger partial charge on any atom is -0.493 e. The molecule has 0 saturated carbocycles. The van der Waals surface area contributed by atoms with E-state index in [0.29, 0.717) is 37.2 Å². The van der Waals surface area contributed by atoms with Gasteiger partial charge in [0.05, 0.1) is 27.3 Å². The summed E-state index contributed by atoms with van der Waals surface area (Å²) in [6.45, 7) is 5.88. The molecular weight excluding hydrogens is 360 g/mol. The van der Waals surface area contributed by atoms with Gasteiger partial charge in [-0.1, -0.05) is 19.1 Å². The molecule has 2 rings (SSSR count). The Morgan fingerprint density at radius 3 is 2.63 bits per heavy atom. The molecule has 1 atom stereocenters. The second-order valence-corrected chi connectivity index (χ2v) is 7.56. The Hall–Kier alpha value is -2.05. The zero-order chi connectivity index (χ0) is 19.6. The van der Waals surface area contributed by atoms with Crippen molar-refractivity contribution >= 4 is 17.2 Å². The number of amides is 1. The minimum absolute atomic E-state index is 0.129. The van der Waals surface area contributed by atoms with Crippen LogP contribution >= 0.6 is 11.3 Å². The van der Waals surface area contributed by atoms with Crippen LogP contribution in [0.4, 0.5) is 0 Å². The summed E-state index contributed by atoms with van der Waals surface area (Å²) in [5.74, 6) is 1.55. The van der Waals surface area contributed by atoms with E-state index in [2.05, 4.69) is 25.2 Å². The van der Waals surface area contributed by atoms with Crippen LogP contribution in [0.15, 0.2) is 35.7 Å². The summed E-state index contributed by atoms with van der Waals surface area (Å²) < 4.78 is 10.7. The van der Waals surface area contributed by atoms with Crippen molar-refractivity contribution in [2.75, 3.05) is 27.3 Å². The molecule has 0 aliphatic heterocycles. The van der Waals surface area contributed by atoms with Crippen molar-refractivity contribution in [2.45, 2.75) is 39.3 Å². The maximum Gasteiger partial charge on any atom is 0.236 e. The average Bonchev–Trinajstić information content (AvgIpc) is 3.21. The molecule has 2 aromatic rings. The summed E-state index contributed by atoms with van der Waals surface area (Å²) in [5, 5.41) is 5.34. The van der Waals surface area contributed by atoms with E-state index in [4.69, 9.17) is 9.47 Å². The van der Waals surface area contributed by atoms with Gasteiger partial charge in [0, 0.05) is 17.5 Å². The molecule has 0 spiro atoms. The highest BCUT2D eigenvalue weighted by atomic mass is 32.1. The van der Waals surface area contributed by atoms with E-state index in [1.54, 1.807) is 25.6 Å². The van der Waals surface area contributed by atoms with E-state index >= 15 is 0 Å². The van der Waals surface area contributed by atoms with E-state index in [9.17, 15) is 4.79 Å². The van der Waals surface area contributed by atoms with Crippen LogP contribution in [0.2, 0.25) is 0 Å². The van der Waals surface area contributed by atoms with Crippen molar-refractivity contribution in [3.63, 3.8) is 0 Å². The number of carbonyl (C=O) groups excluding carboxylic acids is 1. The van der Waals surface area contributed by atoms with E-state index in [0.717, 1.165) is 18.4 Å². The average molecular weight is 391 g/mol. The Bertz CT molecular complexity index is 703. The van der Waals surface area contributed by atoms with Gasteiger partial charge in [-0.3, -0.25) is 4.79 Å². The lowest BCUT2D eigenvalue weighted by Crippen LogP contribution is -2.41.